The molecule has 1 heterocycles. The lowest BCUT2D eigenvalue weighted by Crippen LogP contribution is -2.48. The molecule has 6 nitrogen and oxygen atoms in total. The molecule has 2 aromatic rings. The second-order valence-corrected chi connectivity index (χ2v) is 8.81. The molecule has 0 atom stereocenters. The van der Waals surface area contributed by atoms with E-state index in [9.17, 15) is 17.6 Å². The van der Waals surface area contributed by atoms with Crippen molar-refractivity contribution in [2.75, 3.05) is 44.2 Å². The number of sulfonamides is 1. The summed E-state index contributed by atoms with van der Waals surface area (Å²) in [7, 11) is -3.53. The number of halogens is 1. The van der Waals surface area contributed by atoms with Crippen LogP contribution in [-0.2, 0) is 10.0 Å². The first-order valence-corrected chi connectivity index (χ1v) is 11.2. The molecule has 29 heavy (non-hydrogen) atoms. The van der Waals surface area contributed by atoms with E-state index >= 15 is 0 Å². The number of hydrogen-bond donors (Lipinski definition) is 0. The zero-order valence-electron chi connectivity index (χ0n) is 16.7. The molecule has 0 saturated carbocycles. The molecule has 3 rings (SSSR count). The van der Waals surface area contributed by atoms with Crippen molar-refractivity contribution in [3.8, 4) is 0 Å². The topological polar surface area (TPSA) is 60.9 Å². The van der Waals surface area contributed by atoms with Crippen LogP contribution in [0.4, 0.5) is 10.1 Å². The molecule has 8 heteroatoms. The maximum Gasteiger partial charge on any atom is 0.253 e. The van der Waals surface area contributed by atoms with Gasteiger partial charge in [0.25, 0.3) is 5.91 Å². The average molecular weight is 420 g/mol. The highest BCUT2D eigenvalue weighted by molar-refractivity contribution is 7.89. The van der Waals surface area contributed by atoms with Crippen molar-refractivity contribution in [2.45, 2.75) is 18.7 Å². The van der Waals surface area contributed by atoms with Crippen LogP contribution in [0.1, 0.15) is 24.2 Å². The van der Waals surface area contributed by atoms with Gasteiger partial charge in [0.15, 0.2) is 0 Å². The Hall–Kier alpha value is -2.45. The molecule has 156 valence electrons. The van der Waals surface area contributed by atoms with Gasteiger partial charge in [-0.2, -0.15) is 4.31 Å². The summed E-state index contributed by atoms with van der Waals surface area (Å²) in [4.78, 5) is 16.9. The summed E-state index contributed by atoms with van der Waals surface area (Å²) in [5.74, 6) is -0.385. The second-order valence-electron chi connectivity index (χ2n) is 6.87. The lowest BCUT2D eigenvalue weighted by Gasteiger charge is -2.36. The molecule has 1 fully saturated rings. The van der Waals surface area contributed by atoms with E-state index in [2.05, 4.69) is 4.90 Å². The van der Waals surface area contributed by atoms with Gasteiger partial charge < -0.3 is 9.80 Å². The highest BCUT2D eigenvalue weighted by Crippen LogP contribution is 2.20. The summed E-state index contributed by atoms with van der Waals surface area (Å²) in [6.45, 7) is 6.81. The molecule has 0 unspecified atom stereocenters. The molecule has 1 aliphatic heterocycles. The minimum atomic E-state index is -3.53. The first-order valence-electron chi connectivity index (χ1n) is 9.76. The SMILES string of the molecule is CCN(CC)S(=O)(=O)c1ccc(C(=O)N2CCN(c3ccc(F)cc3)CC2)cc1. The summed E-state index contributed by atoms with van der Waals surface area (Å²) in [6, 6.07) is 12.5. The van der Waals surface area contributed by atoms with Crippen molar-refractivity contribution in [1.29, 1.82) is 0 Å². The normalized spacial score (nSPS) is 15.0. The Balaban J connectivity index is 1.65. The number of anilines is 1. The molecule has 2 aromatic carbocycles. The molecule has 0 aromatic heterocycles. The Labute approximate surface area is 171 Å². The number of carbonyl (C=O) groups is 1. The van der Waals surface area contributed by atoms with E-state index in [0.717, 1.165) is 5.69 Å². The van der Waals surface area contributed by atoms with E-state index in [-0.39, 0.29) is 16.6 Å². The van der Waals surface area contributed by atoms with Gasteiger partial charge in [-0.15, -0.1) is 0 Å². The molecule has 0 radical (unpaired) electrons. The van der Waals surface area contributed by atoms with E-state index in [1.807, 2.05) is 0 Å². The number of nitrogens with zero attached hydrogens (tertiary/aromatic N) is 3. The van der Waals surface area contributed by atoms with Gasteiger partial charge in [0.2, 0.25) is 10.0 Å². The number of carbonyl (C=O) groups excluding carboxylic acids is 1. The number of piperazine rings is 1. The zero-order valence-corrected chi connectivity index (χ0v) is 17.5. The van der Waals surface area contributed by atoms with Crippen LogP contribution in [0.2, 0.25) is 0 Å². The van der Waals surface area contributed by atoms with Crippen LogP contribution in [0.3, 0.4) is 0 Å². The Morgan fingerprint density at radius 3 is 2.00 bits per heavy atom. The third-order valence-corrected chi connectivity index (χ3v) is 7.27. The minimum absolute atomic E-state index is 0.115. The van der Waals surface area contributed by atoms with Crippen LogP contribution in [0.15, 0.2) is 53.4 Å². The average Bonchev–Trinajstić information content (AvgIpc) is 2.75. The van der Waals surface area contributed by atoms with E-state index in [0.29, 0.717) is 44.8 Å². The van der Waals surface area contributed by atoms with Crippen molar-refractivity contribution in [3.63, 3.8) is 0 Å². The first kappa shape index (κ1) is 21.3. The Bertz CT molecular complexity index is 934. The maximum absolute atomic E-state index is 13.1. The predicted octanol–water partition coefficient (Wildman–Crippen LogP) is 2.82. The summed E-state index contributed by atoms with van der Waals surface area (Å²) >= 11 is 0. The van der Waals surface area contributed by atoms with Gasteiger partial charge in [0.05, 0.1) is 4.90 Å². The van der Waals surface area contributed by atoms with Crippen LogP contribution in [0, 0.1) is 5.82 Å². The van der Waals surface area contributed by atoms with Crippen LogP contribution in [0.25, 0.3) is 0 Å². The molecule has 1 amide bonds. The van der Waals surface area contributed by atoms with Crippen molar-refractivity contribution in [2.24, 2.45) is 0 Å². The zero-order chi connectivity index (χ0) is 21.0. The fourth-order valence-corrected chi connectivity index (χ4v) is 4.94. The van der Waals surface area contributed by atoms with Gasteiger partial charge in [0.1, 0.15) is 5.82 Å². The third kappa shape index (κ3) is 4.59. The van der Waals surface area contributed by atoms with E-state index in [4.69, 9.17) is 0 Å². The largest absolute Gasteiger partial charge is 0.368 e. The second kappa shape index (κ2) is 8.92. The van der Waals surface area contributed by atoms with Crippen LogP contribution < -0.4 is 4.90 Å². The number of amides is 1. The smallest absolute Gasteiger partial charge is 0.253 e. The molecule has 0 N–H and O–H groups in total. The lowest BCUT2D eigenvalue weighted by atomic mass is 10.1. The predicted molar refractivity (Wildman–Crippen MR) is 111 cm³/mol. The highest BCUT2D eigenvalue weighted by atomic mass is 32.2. The van der Waals surface area contributed by atoms with Crippen LogP contribution >= 0.6 is 0 Å². The van der Waals surface area contributed by atoms with E-state index < -0.39 is 10.0 Å². The van der Waals surface area contributed by atoms with Crippen molar-refractivity contribution >= 4 is 21.6 Å². The van der Waals surface area contributed by atoms with Gasteiger partial charge in [0, 0.05) is 50.5 Å². The maximum atomic E-state index is 13.1. The van der Waals surface area contributed by atoms with Gasteiger partial charge in [-0.1, -0.05) is 13.8 Å². The monoisotopic (exact) mass is 419 g/mol. The van der Waals surface area contributed by atoms with Crippen molar-refractivity contribution < 1.29 is 17.6 Å². The molecule has 0 aliphatic carbocycles. The lowest BCUT2D eigenvalue weighted by molar-refractivity contribution is 0.0746. The van der Waals surface area contributed by atoms with Crippen LogP contribution in [-0.4, -0.2) is 62.8 Å². The molecule has 0 spiro atoms. The summed E-state index contributed by atoms with van der Waals surface area (Å²) < 4.78 is 39.6. The summed E-state index contributed by atoms with van der Waals surface area (Å²) in [5.41, 5.74) is 1.41. The van der Waals surface area contributed by atoms with Gasteiger partial charge >= 0.3 is 0 Å². The highest BCUT2D eigenvalue weighted by Gasteiger charge is 2.24. The summed E-state index contributed by atoms with van der Waals surface area (Å²) in [6.07, 6.45) is 0. The molecule has 1 aliphatic rings. The Morgan fingerprint density at radius 1 is 0.931 bits per heavy atom. The number of rotatable bonds is 6. The quantitative estimate of drug-likeness (QED) is 0.723. The molecular weight excluding hydrogens is 393 g/mol. The number of benzene rings is 2. The standard InChI is InChI=1S/C21H26FN3O3S/c1-3-25(4-2)29(27,28)20-11-5-17(6-12-20)21(26)24-15-13-23(14-16-24)19-9-7-18(22)8-10-19/h5-12H,3-4,13-16H2,1-2H3. The van der Waals surface area contributed by atoms with Gasteiger partial charge in [-0.05, 0) is 48.5 Å². The van der Waals surface area contributed by atoms with Gasteiger partial charge in [-0.25, -0.2) is 12.8 Å². The van der Waals surface area contributed by atoms with Crippen LogP contribution in [0.5, 0.6) is 0 Å². The Kier molecular flexibility index (Phi) is 6.54. The fourth-order valence-electron chi connectivity index (χ4n) is 3.48. The molecular formula is C21H26FN3O3S. The summed E-state index contributed by atoms with van der Waals surface area (Å²) in [5, 5.41) is 0. The van der Waals surface area contributed by atoms with Crippen molar-refractivity contribution in [1.82, 2.24) is 9.21 Å². The van der Waals surface area contributed by atoms with E-state index in [1.54, 1.807) is 43.0 Å². The van der Waals surface area contributed by atoms with E-state index in [1.165, 1.54) is 28.6 Å². The van der Waals surface area contributed by atoms with Gasteiger partial charge in [-0.3, -0.25) is 4.79 Å². The fraction of sp³-hybridized carbons (Fsp3) is 0.381. The third-order valence-electron chi connectivity index (χ3n) is 5.20. The number of hydrogen-bond acceptors (Lipinski definition) is 4. The minimum Gasteiger partial charge on any atom is -0.368 e. The molecule has 0 bridgehead atoms. The Morgan fingerprint density at radius 2 is 1.48 bits per heavy atom. The molecule has 1 saturated heterocycles. The van der Waals surface area contributed by atoms with Crippen molar-refractivity contribution in [3.05, 3.63) is 59.9 Å². The first-order chi connectivity index (χ1) is 13.9.